The van der Waals surface area contributed by atoms with Gasteiger partial charge in [-0.3, -0.25) is 4.99 Å². The summed E-state index contributed by atoms with van der Waals surface area (Å²) in [5.41, 5.74) is 2.18. The second kappa shape index (κ2) is 2.97. The first-order chi connectivity index (χ1) is 5.86. The van der Waals surface area contributed by atoms with Crippen molar-refractivity contribution in [2.45, 2.75) is 19.4 Å². The molecule has 1 unspecified atom stereocenters. The second-order valence-corrected chi connectivity index (χ2v) is 3.11. The molecule has 1 N–H and O–H groups in total. The number of nitrogens with zero attached hydrogens (tertiary/aromatic N) is 1. The van der Waals surface area contributed by atoms with Crippen LogP contribution in [-0.4, -0.2) is 12.3 Å². The van der Waals surface area contributed by atoms with Gasteiger partial charge in [-0.25, -0.2) is 0 Å². The van der Waals surface area contributed by atoms with E-state index in [9.17, 15) is 0 Å². The Morgan fingerprint density at radius 2 is 2.25 bits per heavy atom. The number of benzene rings is 1. The number of anilines is 1. The summed E-state index contributed by atoms with van der Waals surface area (Å²) in [7, 11) is 0. The van der Waals surface area contributed by atoms with Crippen molar-refractivity contribution in [1.29, 1.82) is 0 Å². The molecule has 0 aromatic heterocycles. The molecule has 1 aromatic rings. The van der Waals surface area contributed by atoms with Crippen molar-refractivity contribution < 1.29 is 0 Å². The number of para-hydroxylation sites is 2. The van der Waals surface area contributed by atoms with Crippen molar-refractivity contribution in [2.24, 2.45) is 4.99 Å². The van der Waals surface area contributed by atoms with Gasteiger partial charge in [0, 0.05) is 18.7 Å². The van der Waals surface area contributed by atoms with Gasteiger partial charge in [0.1, 0.15) is 0 Å². The number of rotatable bonds is 0. The highest BCUT2D eigenvalue weighted by molar-refractivity contribution is 5.75. The SMILES string of the molecule is CC1CC=Nc2ccccc2N1. The van der Waals surface area contributed by atoms with Crippen LogP contribution in [0.15, 0.2) is 29.3 Å². The van der Waals surface area contributed by atoms with Gasteiger partial charge in [0.05, 0.1) is 11.4 Å². The van der Waals surface area contributed by atoms with E-state index in [1.807, 2.05) is 24.4 Å². The molecule has 12 heavy (non-hydrogen) atoms. The molecule has 1 aromatic carbocycles. The Hall–Kier alpha value is -1.31. The molecule has 0 radical (unpaired) electrons. The lowest BCUT2D eigenvalue weighted by Gasteiger charge is -2.11. The van der Waals surface area contributed by atoms with E-state index in [1.54, 1.807) is 0 Å². The summed E-state index contributed by atoms with van der Waals surface area (Å²) in [6.45, 7) is 2.16. The zero-order chi connectivity index (χ0) is 8.39. The topological polar surface area (TPSA) is 24.4 Å². The van der Waals surface area contributed by atoms with Gasteiger partial charge < -0.3 is 5.32 Å². The van der Waals surface area contributed by atoms with Crippen molar-refractivity contribution in [3.63, 3.8) is 0 Å². The molecule has 0 fully saturated rings. The largest absolute Gasteiger partial charge is 0.380 e. The average molecular weight is 160 g/mol. The third kappa shape index (κ3) is 1.33. The number of nitrogens with one attached hydrogen (secondary N) is 1. The van der Waals surface area contributed by atoms with Crippen LogP contribution in [0.5, 0.6) is 0 Å². The minimum Gasteiger partial charge on any atom is -0.380 e. The predicted molar refractivity (Wildman–Crippen MR) is 52.3 cm³/mol. The molecule has 2 rings (SSSR count). The van der Waals surface area contributed by atoms with Crippen LogP contribution in [0.2, 0.25) is 0 Å². The Balaban J connectivity index is 2.41. The summed E-state index contributed by atoms with van der Waals surface area (Å²) in [5.74, 6) is 0. The lowest BCUT2D eigenvalue weighted by Crippen LogP contribution is -2.13. The molecule has 1 aliphatic rings. The summed E-state index contributed by atoms with van der Waals surface area (Å²) >= 11 is 0. The number of fused-ring (bicyclic) bond motifs is 1. The van der Waals surface area contributed by atoms with Gasteiger partial charge in [-0.05, 0) is 19.1 Å². The van der Waals surface area contributed by atoms with Crippen molar-refractivity contribution in [3.05, 3.63) is 24.3 Å². The molecule has 0 aliphatic carbocycles. The number of aliphatic imine (C=N–C) groups is 1. The first-order valence-corrected chi connectivity index (χ1v) is 4.24. The van der Waals surface area contributed by atoms with E-state index < -0.39 is 0 Å². The van der Waals surface area contributed by atoms with Gasteiger partial charge in [-0.2, -0.15) is 0 Å². The van der Waals surface area contributed by atoms with Crippen LogP contribution in [-0.2, 0) is 0 Å². The Morgan fingerprint density at radius 3 is 3.17 bits per heavy atom. The Morgan fingerprint density at radius 1 is 1.42 bits per heavy atom. The maximum Gasteiger partial charge on any atom is 0.0857 e. The van der Waals surface area contributed by atoms with Crippen LogP contribution in [0.1, 0.15) is 13.3 Å². The molecule has 2 heteroatoms. The molecule has 1 atom stereocenters. The Bertz CT molecular complexity index is 304. The lowest BCUT2D eigenvalue weighted by molar-refractivity contribution is 0.852. The number of hydrogen-bond acceptors (Lipinski definition) is 2. The quantitative estimate of drug-likeness (QED) is 0.619. The highest BCUT2D eigenvalue weighted by Crippen LogP contribution is 2.26. The molecule has 0 saturated heterocycles. The summed E-state index contributed by atoms with van der Waals surface area (Å²) in [4.78, 5) is 4.35. The first kappa shape index (κ1) is 7.35. The molecule has 2 nitrogen and oxygen atoms in total. The van der Waals surface area contributed by atoms with Gasteiger partial charge in [0.2, 0.25) is 0 Å². The van der Waals surface area contributed by atoms with Crippen LogP contribution in [0.4, 0.5) is 11.4 Å². The monoisotopic (exact) mass is 160 g/mol. The summed E-state index contributed by atoms with van der Waals surface area (Å²) in [6, 6.07) is 8.61. The summed E-state index contributed by atoms with van der Waals surface area (Å²) in [6.07, 6.45) is 2.97. The van der Waals surface area contributed by atoms with Crippen molar-refractivity contribution in [3.8, 4) is 0 Å². The van der Waals surface area contributed by atoms with E-state index in [2.05, 4.69) is 23.3 Å². The molecular weight excluding hydrogens is 148 g/mol. The molecule has 0 amide bonds. The standard InChI is InChI=1S/C10H12N2/c1-8-6-7-11-9-4-2-3-5-10(9)12-8/h2-5,7-8,12H,6H2,1H3. The zero-order valence-electron chi connectivity index (χ0n) is 7.12. The Labute approximate surface area is 72.3 Å². The van der Waals surface area contributed by atoms with E-state index in [1.165, 1.54) is 0 Å². The minimum absolute atomic E-state index is 0.484. The van der Waals surface area contributed by atoms with Crippen LogP contribution in [0.25, 0.3) is 0 Å². The first-order valence-electron chi connectivity index (χ1n) is 4.24. The van der Waals surface area contributed by atoms with Crippen LogP contribution in [0, 0.1) is 0 Å². The normalized spacial score (nSPS) is 20.9. The van der Waals surface area contributed by atoms with Gasteiger partial charge in [-0.1, -0.05) is 12.1 Å². The van der Waals surface area contributed by atoms with Crippen molar-refractivity contribution in [1.82, 2.24) is 0 Å². The maximum atomic E-state index is 4.35. The molecule has 0 saturated carbocycles. The van der Waals surface area contributed by atoms with E-state index in [0.717, 1.165) is 17.8 Å². The minimum atomic E-state index is 0.484. The van der Waals surface area contributed by atoms with Crippen LogP contribution < -0.4 is 5.32 Å². The molecule has 1 heterocycles. The highest BCUT2D eigenvalue weighted by atomic mass is 15.0. The zero-order valence-corrected chi connectivity index (χ0v) is 7.12. The van der Waals surface area contributed by atoms with E-state index in [4.69, 9.17) is 0 Å². The highest BCUT2D eigenvalue weighted by Gasteiger charge is 2.06. The van der Waals surface area contributed by atoms with E-state index in [0.29, 0.717) is 6.04 Å². The van der Waals surface area contributed by atoms with E-state index >= 15 is 0 Å². The molecule has 1 aliphatic heterocycles. The third-order valence-corrected chi connectivity index (χ3v) is 2.00. The predicted octanol–water partition coefficient (Wildman–Crippen LogP) is 2.59. The lowest BCUT2D eigenvalue weighted by atomic mass is 10.2. The van der Waals surface area contributed by atoms with E-state index in [-0.39, 0.29) is 0 Å². The smallest absolute Gasteiger partial charge is 0.0857 e. The average Bonchev–Trinajstić information content (AvgIpc) is 2.25. The molecule has 62 valence electrons. The van der Waals surface area contributed by atoms with Crippen molar-refractivity contribution >= 4 is 17.6 Å². The van der Waals surface area contributed by atoms with Crippen LogP contribution >= 0.6 is 0 Å². The van der Waals surface area contributed by atoms with Gasteiger partial charge >= 0.3 is 0 Å². The van der Waals surface area contributed by atoms with Crippen LogP contribution in [0.3, 0.4) is 0 Å². The molecule has 0 bridgehead atoms. The summed E-state index contributed by atoms with van der Waals surface area (Å²) < 4.78 is 0. The second-order valence-electron chi connectivity index (χ2n) is 3.11. The maximum absolute atomic E-state index is 4.35. The third-order valence-electron chi connectivity index (χ3n) is 2.00. The fourth-order valence-corrected chi connectivity index (χ4v) is 1.34. The van der Waals surface area contributed by atoms with Gasteiger partial charge in [-0.15, -0.1) is 0 Å². The summed E-state index contributed by atoms with van der Waals surface area (Å²) in [5, 5.41) is 3.40. The van der Waals surface area contributed by atoms with Gasteiger partial charge in [0.15, 0.2) is 0 Å². The fraction of sp³-hybridized carbons (Fsp3) is 0.300. The Kier molecular flexibility index (Phi) is 1.82. The fourth-order valence-electron chi connectivity index (χ4n) is 1.34. The van der Waals surface area contributed by atoms with Crippen molar-refractivity contribution in [2.75, 3.05) is 5.32 Å². The molecule has 0 spiro atoms. The number of hydrogen-bond donors (Lipinski definition) is 1. The molecular formula is C10H12N2. The van der Waals surface area contributed by atoms with Gasteiger partial charge in [0.25, 0.3) is 0 Å².